The summed E-state index contributed by atoms with van der Waals surface area (Å²) < 4.78 is 0. The largest absolute Gasteiger partial charge is 0.481 e. The molecule has 5 nitrogen and oxygen atoms in total. The topological polar surface area (TPSA) is 68.0 Å². The minimum Gasteiger partial charge on any atom is -0.481 e. The zero-order chi connectivity index (χ0) is 14.3. The molecule has 2 aromatic rings. The van der Waals surface area contributed by atoms with E-state index in [1.54, 1.807) is 6.92 Å². The molecule has 1 aromatic carbocycles. The molecule has 0 amide bonds. The monoisotopic (exact) mass is 341 g/mol. The lowest BCUT2D eigenvalue weighted by Gasteiger charge is -2.05. The minimum absolute atomic E-state index is 0.0961. The Morgan fingerprint density at radius 3 is 1.89 bits per heavy atom. The van der Waals surface area contributed by atoms with Gasteiger partial charge in [0.15, 0.2) is 0 Å². The van der Waals surface area contributed by atoms with Gasteiger partial charge in [0, 0.05) is 0 Å². The summed E-state index contributed by atoms with van der Waals surface area (Å²) in [6, 6.07) is -0.449. The van der Waals surface area contributed by atoms with Crippen LogP contribution in [0, 0.1) is 0 Å². The zero-order valence-corrected chi connectivity index (χ0v) is 12.5. The summed E-state index contributed by atoms with van der Waals surface area (Å²) in [5, 5.41) is 17.4. The maximum atomic E-state index is 10.7. The van der Waals surface area contributed by atoms with Gasteiger partial charge in [0.2, 0.25) is 0 Å². The fourth-order valence-corrected chi connectivity index (χ4v) is 2.46. The van der Waals surface area contributed by atoms with E-state index in [1.807, 2.05) is 0 Å². The van der Waals surface area contributed by atoms with Crippen molar-refractivity contribution in [1.82, 2.24) is 15.0 Å². The Labute approximate surface area is 128 Å². The number of hydrogen-bond donors (Lipinski definition) is 1. The standard InChI is InChI=1S/C10H7Cl4N3O2/c1-3(2-4(18)19)17-15-9-7(13)5(11)6(12)8(14)10(9)16-17/h3H,2H2,1H3,(H,18,19). The molecule has 2 rings (SSSR count). The zero-order valence-electron chi connectivity index (χ0n) is 9.49. The first-order chi connectivity index (χ1) is 8.82. The summed E-state index contributed by atoms with van der Waals surface area (Å²) in [7, 11) is 0. The molecular formula is C10H7Cl4N3O2. The molecular weight excluding hydrogens is 336 g/mol. The van der Waals surface area contributed by atoms with Crippen molar-refractivity contribution < 1.29 is 9.90 Å². The van der Waals surface area contributed by atoms with Gasteiger partial charge in [0.05, 0.1) is 32.6 Å². The van der Waals surface area contributed by atoms with Crippen molar-refractivity contribution in [2.45, 2.75) is 19.4 Å². The van der Waals surface area contributed by atoms with Gasteiger partial charge in [-0.3, -0.25) is 4.79 Å². The fraction of sp³-hybridized carbons (Fsp3) is 0.300. The molecule has 1 atom stereocenters. The van der Waals surface area contributed by atoms with E-state index in [-0.39, 0.29) is 26.5 Å². The van der Waals surface area contributed by atoms with Crippen molar-refractivity contribution in [2.24, 2.45) is 0 Å². The van der Waals surface area contributed by atoms with Crippen LogP contribution in [0.15, 0.2) is 0 Å². The van der Waals surface area contributed by atoms with Crippen molar-refractivity contribution in [1.29, 1.82) is 0 Å². The molecule has 0 saturated heterocycles. The summed E-state index contributed by atoms with van der Waals surface area (Å²) in [6.07, 6.45) is -0.127. The number of rotatable bonds is 3. The van der Waals surface area contributed by atoms with Crippen LogP contribution in [0.4, 0.5) is 0 Å². The fourth-order valence-electron chi connectivity index (χ4n) is 1.55. The quantitative estimate of drug-likeness (QED) is 0.674. The Morgan fingerprint density at radius 2 is 1.53 bits per heavy atom. The molecule has 0 aliphatic rings. The van der Waals surface area contributed by atoms with E-state index in [0.717, 1.165) is 0 Å². The number of carboxylic acids is 1. The molecule has 1 aromatic heterocycles. The van der Waals surface area contributed by atoms with Crippen LogP contribution in [-0.4, -0.2) is 26.1 Å². The van der Waals surface area contributed by atoms with Crippen LogP contribution in [0.5, 0.6) is 0 Å². The van der Waals surface area contributed by atoms with E-state index >= 15 is 0 Å². The first kappa shape index (κ1) is 14.7. The van der Waals surface area contributed by atoms with E-state index < -0.39 is 12.0 Å². The SMILES string of the molecule is CC(CC(=O)O)n1nc2c(Cl)c(Cl)c(Cl)c(Cl)c2n1. The molecule has 0 fully saturated rings. The van der Waals surface area contributed by atoms with Crippen LogP contribution < -0.4 is 0 Å². The van der Waals surface area contributed by atoms with Crippen LogP contribution in [0.1, 0.15) is 19.4 Å². The number of halogens is 4. The smallest absolute Gasteiger partial charge is 0.305 e. The third-order valence-corrected chi connectivity index (χ3v) is 4.27. The van der Waals surface area contributed by atoms with Crippen molar-refractivity contribution in [2.75, 3.05) is 0 Å². The van der Waals surface area contributed by atoms with E-state index in [2.05, 4.69) is 10.2 Å². The van der Waals surface area contributed by atoms with E-state index in [9.17, 15) is 4.79 Å². The molecule has 0 radical (unpaired) electrons. The highest BCUT2D eigenvalue weighted by atomic mass is 35.5. The van der Waals surface area contributed by atoms with Crippen molar-refractivity contribution >= 4 is 63.4 Å². The Morgan fingerprint density at radius 1 is 1.11 bits per heavy atom. The summed E-state index contributed by atoms with van der Waals surface area (Å²) in [6.45, 7) is 1.66. The molecule has 9 heteroatoms. The van der Waals surface area contributed by atoms with Crippen LogP contribution in [-0.2, 0) is 4.79 Å². The van der Waals surface area contributed by atoms with Crippen LogP contribution in [0.2, 0.25) is 20.1 Å². The van der Waals surface area contributed by atoms with Crippen molar-refractivity contribution in [3.05, 3.63) is 20.1 Å². The van der Waals surface area contributed by atoms with Gasteiger partial charge in [0.1, 0.15) is 11.0 Å². The second-order valence-corrected chi connectivity index (χ2v) is 5.43. The van der Waals surface area contributed by atoms with Gasteiger partial charge in [-0.25, -0.2) is 0 Å². The normalized spacial score (nSPS) is 12.9. The summed E-state index contributed by atoms with van der Waals surface area (Å²) in [4.78, 5) is 11.9. The number of nitrogens with zero attached hydrogens (tertiary/aromatic N) is 3. The van der Waals surface area contributed by atoms with Gasteiger partial charge in [-0.15, -0.1) is 0 Å². The Hall–Kier alpha value is -0.750. The Bertz CT molecular complexity index is 626. The lowest BCUT2D eigenvalue weighted by Crippen LogP contribution is -2.13. The van der Waals surface area contributed by atoms with Gasteiger partial charge in [0.25, 0.3) is 0 Å². The molecule has 0 aliphatic carbocycles. The summed E-state index contributed by atoms with van der Waals surface area (Å²) in [5.74, 6) is -0.956. The Kier molecular flexibility index (Phi) is 4.11. The lowest BCUT2D eigenvalue weighted by molar-refractivity contribution is -0.137. The third-order valence-electron chi connectivity index (χ3n) is 2.49. The van der Waals surface area contributed by atoms with Crippen LogP contribution in [0.3, 0.4) is 0 Å². The second-order valence-electron chi connectivity index (χ2n) is 3.92. The van der Waals surface area contributed by atoms with Crippen molar-refractivity contribution in [3.63, 3.8) is 0 Å². The van der Waals surface area contributed by atoms with E-state index in [1.165, 1.54) is 4.80 Å². The van der Waals surface area contributed by atoms with E-state index in [0.29, 0.717) is 11.0 Å². The first-order valence-electron chi connectivity index (χ1n) is 5.13. The molecule has 0 spiro atoms. The molecule has 0 saturated carbocycles. The minimum atomic E-state index is -0.956. The average molecular weight is 343 g/mol. The average Bonchev–Trinajstić information content (AvgIpc) is 2.78. The molecule has 19 heavy (non-hydrogen) atoms. The van der Waals surface area contributed by atoms with Crippen molar-refractivity contribution in [3.8, 4) is 0 Å². The number of benzene rings is 1. The first-order valence-corrected chi connectivity index (χ1v) is 6.64. The summed E-state index contributed by atoms with van der Waals surface area (Å²) in [5.41, 5.74) is 0.580. The second kappa shape index (κ2) is 5.32. The van der Waals surface area contributed by atoms with Gasteiger partial charge in [-0.05, 0) is 6.92 Å². The van der Waals surface area contributed by atoms with E-state index in [4.69, 9.17) is 51.5 Å². The third kappa shape index (κ3) is 2.60. The van der Waals surface area contributed by atoms with Crippen LogP contribution in [0.25, 0.3) is 11.0 Å². The highest BCUT2D eigenvalue weighted by Gasteiger charge is 2.21. The molecule has 1 heterocycles. The number of carbonyl (C=O) groups is 1. The maximum absolute atomic E-state index is 10.7. The number of fused-ring (bicyclic) bond motifs is 1. The Balaban J connectivity index is 2.60. The summed E-state index contributed by atoms with van der Waals surface area (Å²) >= 11 is 23.9. The van der Waals surface area contributed by atoms with Gasteiger partial charge in [-0.2, -0.15) is 15.0 Å². The highest BCUT2D eigenvalue weighted by molar-refractivity contribution is 6.54. The molecule has 102 valence electrons. The molecule has 0 aliphatic heterocycles. The number of aromatic nitrogens is 3. The highest BCUT2D eigenvalue weighted by Crippen LogP contribution is 2.41. The van der Waals surface area contributed by atoms with Gasteiger partial charge in [-0.1, -0.05) is 46.4 Å². The number of aliphatic carboxylic acids is 1. The maximum Gasteiger partial charge on any atom is 0.305 e. The lowest BCUT2D eigenvalue weighted by atomic mass is 10.2. The van der Waals surface area contributed by atoms with Gasteiger partial charge >= 0.3 is 5.97 Å². The number of hydrogen-bond acceptors (Lipinski definition) is 3. The van der Waals surface area contributed by atoms with Crippen LogP contribution >= 0.6 is 46.4 Å². The predicted molar refractivity (Wildman–Crippen MR) is 74.5 cm³/mol. The van der Waals surface area contributed by atoms with Gasteiger partial charge < -0.3 is 5.11 Å². The molecule has 0 bridgehead atoms. The number of carboxylic acid groups (broad SMARTS) is 1. The molecule has 1 unspecified atom stereocenters. The predicted octanol–water partition coefficient (Wildman–Crippen LogP) is 4.08. The molecule has 1 N–H and O–H groups in total.